The Bertz CT molecular complexity index is 718. The first kappa shape index (κ1) is 11.0. The lowest BCUT2D eigenvalue weighted by Gasteiger charge is -2.05. The molecule has 1 N–H and O–H groups in total. The van der Waals surface area contributed by atoms with Crippen molar-refractivity contribution in [1.82, 2.24) is 29.9 Å². The van der Waals surface area contributed by atoms with E-state index >= 15 is 0 Å². The molecule has 92 valence electrons. The van der Waals surface area contributed by atoms with Crippen LogP contribution in [-0.4, -0.2) is 29.9 Å². The monoisotopic (exact) mass is 264 g/mol. The van der Waals surface area contributed by atoms with Crippen LogP contribution in [0.3, 0.4) is 0 Å². The fourth-order valence-electron chi connectivity index (χ4n) is 1.64. The van der Waals surface area contributed by atoms with Gasteiger partial charge in [0.05, 0.1) is 11.9 Å². The lowest BCUT2D eigenvalue weighted by Crippen LogP contribution is -1.97. The number of H-pyrrole nitrogens is 1. The van der Waals surface area contributed by atoms with Crippen molar-refractivity contribution in [3.8, 4) is 11.8 Å². The summed E-state index contributed by atoms with van der Waals surface area (Å²) in [5.41, 5.74) is 1.39. The van der Waals surface area contributed by atoms with Crippen molar-refractivity contribution in [1.29, 1.82) is 0 Å². The standard InChI is InChI=1S/C10H9ClN6O/c1-5-3-7(17(2)16-5)18-9-6-4-12-15-8(6)13-10(11)14-9/h3-4H,1-2H3,(H,12,13,14,15). The van der Waals surface area contributed by atoms with Gasteiger partial charge in [-0.2, -0.15) is 20.2 Å². The van der Waals surface area contributed by atoms with E-state index in [2.05, 4.69) is 25.3 Å². The van der Waals surface area contributed by atoms with Gasteiger partial charge in [-0.1, -0.05) is 0 Å². The van der Waals surface area contributed by atoms with Crippen LogP contribution in [0, 0.1) is 6.92 Å². The lowest BCUT2D eigenvalue weighted by molar-refractivity contribution is 0.420. The number of ether oxygens (including phenoxy) is 1. The van der Waals surface area contributed by atoms with Crippen molar-refractivity contribution >= 4 is 22.6 Å². The van der Waals surface area contributed by atoms with E-state index in [1.807, 2.05) is 13.0 Å². The predicted octanol–water partition coefficient (Wildman–Crippen LogP) is 1.84. The Morgan fingerprint density at radius 3 is 2.94 bits per heavy atom. The molecule has 3 aromatic rings. The van der Waals surface area contributed by atoms with Gasteiger partial charge in [-0.05, 0) is 18.5 Å². The normalized spacial score (nSPS) is 11.1. The SMILES string of the molecule is Cc1cc(Oc2nc(Cl)nc3[nH]ncc23)n(C)n1. The largest absolute Gasteiger partial charge is 0.420 e. The topological polar surface area (TPSA) is 81.5 Å². The van der Waals surface area contributed by atoms with Crippen molar-refractivity contribution in [2.24, 2.45) is 7.05 Å². The van der Waals surface area contributed by atoms with E-state index < -0.39 is 0 Å². The molecule has 0 unspecified atom stereocenters. The molecule has 0 atom stereocenters. The minimum atomic E-state index is 0.0978. The van der Waals surface area contributed by atoms with E-state index in [-0.39, 0.29) is 5.28 Å². The zero-order chi connectivity index (χ0) is 12.7. The fraction of sp³-hybridized carbons (Fsp3) is 0.200. The highest BCUT2D eigenvalue weighted by atomic mass is 35.5. The Balaban J connectivity index is 2.09. The number of nitrogens with zero attached hydrogens (tertiary/aromatic N) is 5. The van der Waals surface area contributed by atoms with Gasteiger partial charge in [-0.15, -0.1) is 0 Å². The highest BCUT2D eigenvalue weighted by Crippen LogP contribution is 2.27. The second-order valence-corrected chi connectivity index (χ2v) is 4.12. The number of hydrogen-bond acceptors (Lipinski definition) is 5. The van der Waals surface area contributed by atoms with Crippen LogP contribution >= 0.6 is 11.6 Å². The molecule has 0 saturated heterocycles. The number of halogens is 1. The number of aromatic nitrogens is 6. The molecule has 0 amide bonds. The van der Waals surface area contributed by atoms with Gasteiger partial charge in [0.15, 0.2) is 5.65 Å². The molecule has 0 spiro atoms. The van der Waals surface area contributed by atoms with Crippen LogP contribution in [0.25, 0.3) is 11.0 Å². The second-order valence-electron chi connectivity index (χ2n) is 3.78. The van der Waals surface area contributed by atoms with Crippen molar-refractivity contribution in [2.75, 3.05) is 0 Å². The minimum Gasteiger partial charge on any atom is -0.420 e. The highest BCUT2D eigenvalue weighted by molar-refractivity contribution is 6.28. The third kappa shape index (κ3) is 1.78. The molecule has 0 aliphatic rings. The van der Waals surface area contributed by atoms with Crippen LogP contribution in [0.4, 0.5) is 0 Å². The molecular weight excluding hydrogens is 256 g/mol. The zero-order valence-corrected chi connectivity index (χ0v) is 10.4. The van der Waals surface area contributed by atoms with E-state index in [4.69, 9.17) is 16.3 Å². The molecule has 0 saturated carbocycles. The minimum absolute atomic E-state index is 0.0978. The maximum atomic E-state index is 5.82. The Labute approximate surface area is 107 Å². The Morgan fingerprint density at radius 2 is 2.22 bits per heavy atom. The van der Waals surface area contributed by atoms with Crippen LogP contribution in [0.2, 0.25) is 5.28 Å². The molecule has 0 bridgehead atoms. The molecule has 0 aromatic carbocycles. The molecule has 8 heteroatoms. The first-order valence-corrected chi connectivity index (χ1v) is 5.56. The molecule has 7 nitrogen and oxygen atoms in total. The molecule has 3 heterocycles. The van der Waals surface area contributed by atoms with Gasteiger partial charge in [0, 0.05) is 13.1 Å². The third-order valence-electron chi connectivity index (χ3n) is 2.41. The van der Waals surface area contributed by atoms with E-state index in [0.29, 0.717) is 22.8 Å². The maximum Gasteiger partial charge on any atom is 0.236 e. The van der Waals surface area contributed by atoms with Crippen LogP contribution < -0.4 is 4.74 Å². The van der Waals surface area contributed by atoms with Crippen molar-refractivity contribution in [3.63, 3.8) is 0 Å². The van der Waals surface area contributed by atoms with Crippen molar-refractivity contribution < 1.29 is 4.74 Å². The molecule has 0 aliphatic carbocycles. The fourth-order valence-corrected chi connectivity index (χ4v) is 1.80. The molecule has 0 aliphatic heterocycles. The van der Waals surface area contributed by atoms with Gasteiger partial charge in [0.2, 0.25) is 17.0 Å². The summed E-state index contributed by atoms with van der Waals surface area (Å²) in [7, 11) is 1.79. The predicted molar refractivity (Wildman–Crippen MR) is 64.7 cm³/mol. The number of nitrogens with one attached hydrogen (secondary N) is 1. The number of hydrogen-bond donors (Lipinski definition) is 1. The number of fused-ring (bicyclic) bond motifs is 1. The zero-order valence-electron chi connectivity index (χ0n) is 9.68. The summed E-state index contributed by atoms with van der Waals surface area (Å²) < 4.78 is 7.31. The average molecular weight is 265 g/mol. The third-order valence-corrected chi connectivity index (χ3v) is 2.58. The summed E-state index contributed by atoms with van der Waals surface area (Å²) in [5.74, 6) is 0.923. The Hall–Kier alpha value is -2.15. The van der Waals surface area contributed by atoms with Gasteiger partial charge in [-0.25, -0.2) is 4.68 Å². The maximum absolute atomic E-state index is 5.82. The summed E-state index contributed by atoms with van der Waals surface area (Å²) in [5, 5.41) is 11.6. The van der Waals surface area contributed by atoms with Crippen molar-refractivity contribution in [3.05, 3.63) is 23.2 Å². The summed E-state index contributed by atoms with van der Waals surface area (Å²) in [6.45, 7) is 1.88. The van der Waals surface area contributed by atoms with E-state index in [1.165, 1.54) is 0 Å². The average Bonchev–Trinajstić information content (AvgIpc) is 2.86. The van der Waals surface area contributed by atoms with E-state index in [9.17, 15) is 0 Å². The molecule has 18 heavy (non-hydrogen) atoms. The first-order valence-electron chi connectivity index (χ1n) is 5.18. The highest BCUT2D eigenvalue weighted by Gasteiger charge is 2.12. The van der Waals surface area contributed by atoms with Crippen LogP contribution in [0.15, 0.2) is 12.3 Å². The van der Waals surface area contributed by atoms with Gasteiger partial charge in [0.1, 0.15) is 5.39 Å². The summed E-state index contributed by atoms with van der Waals surface area (Å²) in [4.78, 5) is 8.05. The Kier molecular flexibility index (Phi) is 2.41. The van der Waals surface area contributed by atoms with E-state index in [0.717, 1.165) is 5.69 Å². The molecule has 3 aromatic heterocycles. The number of aromatic amines is 1. The smallest absolute Gasteiger partial charge is 0.236 e. The summed E-state index contributed by atoms with van der Waals surface area (Å²) in [6.07, 6.45) is 1.59. The molecule has 0 fully saturated rings. The van der Waals surface area contributed by atoms with Crippen molar-refractivity contribution in [2.45, 2.75) is 6.92 Å². The number of aryl methyl sites for hydroxylation is 2. The lowest BCUT2D eigenvalue weighted by atomic mass is 10.4. The summed E-state index contributed by atoms with van der Waals surface area (Å²) >= 11 is 5.82. The second kappa shape index (κ2) is 3.95. The molecule has 3 rings (SSSR count). The van der Waals surface area contributed by atoms with Gasteiger partial charge in [0.25, 0.3) is 0 Å². The first-order chi connectivity index (χ1) is 8.63. The van der Waals surface area contributed by atoms with Crippen LogP contribution in [0.5, 0.6) is 11.8 Å². The summed E-state index contributed by atoms with van der Waals surface area (Å²) in [6, 6.07) is 1.81. The quantitative estimate of drug-likeness (QED) is 0.714. The van der Waals surface area contributed by atoms with Crippen LogP contribution in [-0.2, 0) is 7.05 Å². The van der Waals surface area contributed by atoms with Gasteiger partial charge >= 0.3 is 0 Å². The van der Waals surface area contributed by atoms with Gasteiger partial charge in [-0.3, -0.25) is 5.10 Å². The number of rotatable bonds is 2. The molecular formula is C10H9ClN6O. The van der Waals surface area contributed by atoms with Gasteiger partial charge < -0.3 is 4.74 Å². The van der Waals surface area contributed by atoms with E-state index in [1.54, 1.807) is 17.9 Å². The Morgan fingerprint density at radius 1 is 1.39 bits per heavy atom. The van der Waals surface area contributed by atoms with Crippen LogP contribution in [0.1, 0.15) is 5.69 Å². The molecule has 0 radical (unpaired) electrons.